The zero-order chi connectivity index (χ0) is 30.0. The van der Waals surface area contributed by atoms with Gasteiger partial charge in [0.05, 0.1) is 24.5 Å². The lowest BCUT2D eigenvalue weighted by Gasteiger charge is -2.29. The molecule has 0 fully saturated rings. The Hall–Kier alpha value is -3.14. The van der Waals surface area contributed by atoms with Crippen LogP contribution in [0, 0.1) is 10.8 Å². The quantitative estimate of drug-likeness (QED) is 0.211. The lowest BCUT2D eigenvalue weighted by atomic mass is 9.86. The molecule has 0 spiro atoms. The first kappa shape index (κ1) is 33.9. The fraction of sp³-hybridized carbons (Fsp3) is 0.655. The minimum absolute atomic E-state index is 0.0113. The van der Waals surface area contributed by atoms with E-state index in [0.717, 1.165) is 19.3 Å². The number of ether oxygens (including phenoxy) is 5. The summed E-state index contributed by atoms with van der Waals surface area (Å²) in [6.45, 7) is 14.1. The number of carbonyl (C=O) groups excluding carboxylic acids is 4. The Labute approximate surface area is 231 Å². The monoisotopic (exact) mass is 551 g/mol. The fourth-order valence-electron chi connectivity index (χ4n) is 3.39. The van der Waals surface area contributed by atoms with E-state index in [4.69, 9.17) is 29.4 Å². The van der Waals surface area contributed by atoms with Gasteiger partial charge in [-0.15, -0.1) is 0 Å². The molecule has 0 bridgehead atoms. The average molecular weight is 552 g/mol. The van der Waals surface area contributed by atoms with E-state index in [-0.39, 0.29) is 30.9 Å². The second-order valence-corrected chi connectivity index (χ2v) is 11.8. The van der Waals surface area contributed by atoms with Crippen molar-refractivity contribution in [3.05, 3.63) is 23.8 Å². The molecule has 0 saturated carbocycles. The molecule has 1 aromatic rings. The number of benzene rings is 1. The Morgan fingerprint density at radius 3 is 1.95 bits per heavy atom. The second kappa shape index (κ2) is 14.3. The third kappa shape index (κ3) is 11.2. The molecule has 0 aliphatic heterocycles. The van der Waals surface area contributed by atoms with Crippen molar-refractivity contribution >= 4 is 24.1 Å². The van der Waals surface area contributed by atoms with Gasteiger partial charge in [0.1, 0.15) is 11.6 Å². The van der Waals surface area contributed by atoms with Gasteiger partial charge in [-0.2, -0.15) is 0 Å². The third-order valence-electron chi connectivity index (χ3n) is 5.67. The lowest BCUT2D eigenvalue weighted by molar-refractivity contribution is -0.148. The van der Waals surface area contributed by atoms with Crippen molar-refractivity contribution in [1.29, 1.82) is 0 Å². The van der Waals surface area contributed by atoms with E-state index in [2.05, 4.69) is 0 Å². The van der Waals surface area contributed by atoms with Gasteiger partial charge < -0.3 is 29.4 Å². The highest BCUT2D eigenvalue weighted by Gasteiger charge is 2.39. The van der Waals surface area contributed by atoms with Gasteiger partial charge in [-0.25, -0.2) is 4.79 Å². The van der Waals surface area contributed by atoms with Gasteiger partial charge in [-0.05, 0) is 72.6 Å². The summed E-state index contributed by atoms with van der Waals surface area (Å²) in [6.07, 6.45) is 0.921. The molecule has 39 heavy (non-hydrogen) atoms. The molecule has 0 radical (unpaired) electrons. The van der Waals surface area contributed by atoms with E-state index in [1.165, 1.54) is 19.2 Å². The summed E-state index contributed by atoms with van der Waals surface area (Å²) in [5, 5.41) is 0. The first-order valence-electron chi connectivity index (χ1n) is 13.2. The molecule has 2 N–H and O–H groups in total. The molecule has 0 amide bonds. The lowest BCUT2D eigenvalue weighted by Crippen LogP contribution is -2.53. The highest BCUT2D eigenvalue weighted by Crippen LogP contribution is 2.34. The van der Waals surface area contributed by atoms with Crippen LogP contribution in [0.3, 0.4) is 0 Å². The number of unbranched alkanes of at least 4 members (excludes halogenated alkanes) is 2. The standard InChI is InChI=1S/C29H45NO9/c1-10-11-12-15-36-26(34)37-19(2)17-29(30,25(33)35-9)18-20-13-14-21(38-23(31)27(3,4)5)22(16-20)39-24(32)28(6,7)8/h13-14,16,19H,10-12,15,17-18,30H2,1-9H3/t19-,29?/m0/s1. The summed E-state index contributed by atoms with van der Waals surface area (Å²) in [5.74, 6) is -1.71. The van der Waals surface area contributed by atoms with E-state index < -0.39 is 46.5 Å². The Bertz CT molecular complexity index is 1010. The van der Waals surface area contributed by atoms with Crippen LogP contribution in [0.2, 0.25) is 0 Å². The van der Waals surface area contributed by atoms with Gasteiger partial charge in [0, 0.05) is 12.8 Å². The first-order valence-corrected chi connectivity index (χ1v) is 13.2. The maximum absolute atomic E-state index is 12.7. The molecule has 1 unspecified atom stereocenters. The molecule has 2 atom stereocenters. The molecule has 0 aliphatic carbocycles. The van der Waals surface area contributed by atoms with Crippen LogP contribution < -0.4 is 15.2 Å². The van der Waals surface area contributed by atoms with Crippen molar-refractivity contribution in [1.82, 2.24) is 0 Å². The average Bonchev–Trinajstić information content (AvgIpc) is 2.81. The van der Waals surface area contributed by atoms with E-state index in [9.17, 15) is 19.2 Å². The van der Waals surface area contributed by atoms with Gasteiger partial charge >= 0.3 is 24.1 Å². The number of rotatable bonds is 12. The molecular weight excluding hydrogens is 506 g/mol. The van der Waals surface area contributed by atoms with Crippen LogP contribution in [0.25, 0.3) is 0 Å². The van der Waals surface area contributed by atoms with Gasteiger partial charge in [-0.1, -0.05) is 25.8 Å². The predicted octanol–water partition coefficient (Wildman–Crippen LogP) is 5.12. The smallest absolute Gasteiger partial charge is 0.468 e. The van der Waals surface area contributed by atoms with Crippen molar-refractivity contribution in [3.63, 3.8) is 0 Å². The molecule has 0 aliphatic rings. The Morgan fingerprint density at radius 1 is 0.872 bits per heavy atom. The maximum atomic E-state index is 12.7. The molecule has 0 saturated heterocycles. The minimum atomic E-state index is -1.59. The van der Waals surface area contributed by atoms with Crippen LogP contribution >= 0.6 is 0 Å². The van der Waals surface area contributed by atoms with Crippen molar-refractivity contribution in [2.45, 2.75) is 99.1 Å². The molecule has 1 aromatic carbocycles. The van der Waals surface area contributed by atoms with Crippen LogP contribution in [0.1, 0.15) is 86.6 Å². The number of carbonyl (C=O) groups is 4. The van der Waals surface area contributed by atoms with Crippen LogP contribution in [0.5, 0.6) is 11.5 Å². The van der Waals surface area contributed by atoms with E-state index in [1.807, 2.05) is 6.92 Å². The van der Waals surface area contributed by atoms with Gasteiger partial charge in [0.2, 0.25) is 0 Å². The summed E-state index contributed by atoms with van der Waals surface area (Å²) < 4.78 is 26.4. The van der Waals surface area contributed by atoms with Crippen LogP contribution in [-0.4, -0.2) is 49.4 Å². The highest BCUT2D eigenvalue weighted by molar-refractivity contribution is 5.82. The van der Waals surface area contributed by atoms with Crippen molar-refractivity contribution in [2.75, 3.05) is 13.7 Å². The molecule has 1 rings (SSSR count). The molecule has 10 nitrogen and oxygen atoms in total. The second-order valence-electron chi connectivity index (χ2n) is 11.8. The Morgan fingerprint density at radius 2 is 1.44 bits per heavy atom. The highest BCUT2D eigenvalue weighted by atomic mass is 16.7. The Kier molecular flexibility index (Phi) is 12.4. The van der Waals surface area contributed by atoms with Crippen LogP contribution in [0.15, 0.2) is 18.2 Å². The summed E-state index contributed by atoms with van der Waals surface area (Å²) in [6, 6.07) is 4.58. The fourth-order valence-corrected chi connectivity index (χ4v) is 3.39. The van der Waals surface area contributed by atoms with Gasteiger partial charge in [0.15, 0.2) is 11.5 Å². The largest absolute Gasteiger partial charge is 0.508 e. The minimum Gasteiger partial charge on any atom is -0.468 e. The number of methoxy groups -OCH3 is 1. The third-order valence-corrected chi connectivity index (χ3v) is 5.67. The SMILES string of the molecule is CCCCCOC(=O)O[C@@H](C)CC(N)(Cc1ccc(OC(=O)C(C)(C)C)c(OC(=O)C(C)(C)C)c1)C(=O)OC. The number of hydrogen-bond donors (Lipinski definition) is 1. The van der Waals surface area contributed by atoms with Gasteiger partial charge in [0.25, 0.3) is 0 Å². The summed E-state index contributed by atoms with van der Waals surface area (Å²) in [4.78, 5) is 50.0. The zero-order valence-electron chi connectivity index (χ0n) is 24.8. The van der Waals surface area contributed by atoms with Crippen LogP contribution in [-0.2, 0) is 35.0 Å². The topological polar surface area (TPSA) is 140 Å². The van der Waals surface area contributed by atoms with Crippen molar-refractivity contribution in [3.8, 4) is 11.5 Å². The van der Waals surface area contributed by atoms with Crippen LogP contribution in [0.4, 0.5) is 4.79 Å². The van der Waals surface area contributed by atoms with E-state index in [1.54, 1.807) is 54.5 Å². The number of esters is 3. The Balaban J connectivity index is 3.22. The predicted molar refractivity (Wildman–Crippen MR) is 145 cm³/mol. The van der Waals surface area contributed by atoms with Crippen molar-refractivity contribution in [2.24, 2.45) is 16.6 Å². The molecule has 0 aromatic heterocycles. The molecule has 220 valence electrons. The molecule has 0 heterocycles. The molecular formula is C29H45NO9. The number of nitrogens with two attached hydrogens (primary N) is 1. The maximum Gasteiger partial charge on any atom is 0.508 e. The normalized spacial score (nSPS) is 14.0. The van der Waals surface area contributed by atoms with Gasteiger partial charge in [-0.3, -0.25) is 14.4 Å². The van der Waals surface area contributed by atoms with E-state index in [0.29, 0.717) is 5.56 Å². The summed E-state index contributed by atoms with van der Waals surface area (Å²) in [7, 11) is 1.21. The summed E-state index contributed by atoms with van der Waals surface area (Å²) >= 11 is 0. The summed E-state index contributed by atoms with van der Waals surface area (Å²) in [5.41, 5.74) is 3.78. The van der Waals surface area contributed by atoms with Crippen molar-refractivity contribution < 1.29 is 42.9 Å². The zero-order valence-corrected chi connectivity index (χ0v) is 24.8. The first-order chi connectivity index (χ1) is 17.9. The molecule has 10 heteroatoms. The number of hydrogen-bond acceptors (Lipinski definition) is 10. The van der Waals surface area contributed by atoms with E-state index >= 15 is 0 Å².